The Kier molecular flexibility index (Phi) is 7.19. The summed E-state index contributed by atoms with van der Waals surface area (Å²) < 4.78 is 16.0. The van der Waals surface area contributed by atoms with Gasteiger partial charge in [-0.15, -0.1) is 0 Å². The van der Waals surface area contributed by atoms with Crippen molar-refractivity contribution in [3.05, 3.63) is 0 Å². The van der Waals surface area contributed by atoms with E-state index >= 15 is 0 Å². The fourth-order valence-electron chi connectivity index (χ4n) is 2.20. The van der Waals surface area contributed by atoms with Crippen LogP contribution in [-0.2, 0) is 28.6 Å². The van der Waals surface area contributed by atoms with Crippen LogP contribution in [0.3, 0.4) is 0 Å². The summed E-state index contributed by atoms with van der Waals surface area (Å²) in [5.41, 5.74) is 0. The van der Waals surface area contributed by atoms with Crippen molar-refractivity contribution < 1.29 is 28.6 Å². The van der Waals surface area contributed by atoms with Gasteiger partial charge in [-0.3, -0.25) is 14.4 Å². The Balaban J connectivity index is 2.66. The molecule has 0 aromatic carbocycles. The lowest BCUT2D eigenvalue weighted by Crippen LogP contribution is -2.43. The van der Waals surface area contributed by atoms with Crippen LogP contribution in [0.15, 0.2) is 0 Å². The highest BCUT2D eigenvalue weighted by Crippen LogP contribution is 2.27. The first kappa shape index (κ1) is 17.5. The first-order valence-corrected chi connectivity index (χ1v) is 7.58. The number of carbonyl (C=O) groups excluding carboxylic acids is 3. The van der Waals surface area contributed by atoms with Gasteiger partial charge in [0.05, 0.1) is 0 Å². The summed E-state index contributed by atoms with van der Waals surface area (Å²) in [7, 11) is 0. The van der Waals surface area contributed by atoms with Crippen LogP contribution in [0.4, 0.5) is 0 Å². The molecule has 21 heavy (non-hydrogen) atoms. The quantitative estimate of drug-likeness (QED) is 0.552. The van der Waals surface area contributed by atoms with E-state index in [1.165, 1.54) is 0 Å². The third-order valence-corrected chi connectivity index (χ3v) is 3.41. The first-order chi connectivity index (χ1) is 9.99. The predicted molar refractivity (Wildman–Crippen MR) is 74.4 cm³/mol. The van der Waals surface area contributed by atoms with E-state index in [2.05, 4.69) is 0 Å². The van der Waals surface area contributed by atoms with Gasteiger partial charge in [0, 0.05) is 25.7 Å². The molecule has 0 heterocycles. The van der Waals surface area contributed by atoms with Gasteiger partial charge < -0.3 is 14.2 Å². The van der Waals surface area contributed by atoms with E-state index in [1.807, 2.05) is 0 Å². The molecule has 0 amide bonds. The van der Waals surface area contributed by atoms with Crippen LogP contribution >= 0.6 is 0 Å². The van der Waals surface area contributed by atoms with Gasteiger partial charge in [0.2, 0.25) is 0 Å². The predicted octanol–water partition coefficient (Wildman–Crippen LogP) is 2.14. The second-order valence-electron chi connectivity index (χ2n) is 5.04. The molecule has 1 fully saturated rings. The van der Waals surface area contributed by atoms with Crippen molar-refractivity contribution in [1.29, 1.82) is 0 Å². The van der Waals surface area contributed by atoms with Crippen LogP contribution < -0.4 is 0 Å². The summed E-state index contributed by atoms with van der Waals surface area (Å²) in [4.78, 5) is 34.3. The second kappa shape index (κ2) is 8.64. The van der Waals surface area contributed by atoms with Crippen LogP contribution in [0.25, 0.3) is 0 Å². The minimum Gasteiger partial charge on any atom is -0.462 e. The zero-order valence-corrected chi connectivity index (χ0v) is 12.9. The Hall–Kier alpha value is -1.59. The van der Waals surface area contributed by atoms with Crippen LogP contribution in [0.2, 0.25) is 0 Å². The van der Waals surface area contributed by atoms with Crippen LogP contribution in [0, 0.1) is 0 Å². The molecular formula is C15H24O6. The number of carbonyl (C=O) groups is 3. The van der Waals surface area contributed by atoms with E-state index in [9.17, 15) is 14.4 Å². The maximum Gasteiger partial charge on any atom is 0.305 e. The maximum absolute atomic E-state index is 11.5. The monoisotopic (exact) mass is 300 g/mol. The number of rotatable bonds is 6. The fraction of sp³-hybridized carbons (Fsp3) is 0.800. The highest BCUT2D eigenvalue weighted by atomic mass is 16.6. The Morgan fingerprint density at radius 2 is 1.24 bits per heavy atom. The number of hydrogen-bond donors (Lipinski definition) is 0. The Bertz CT molecular complexity index is 378. The lowest BCUT2D eigenvalue weighted by atomic mass is 9.91. The smallest absolute Gasteiger partial charge is 0.305 e. The van der Waals surface area contributed by atoms with Crippen molar-refractivity contribution >= 4 is 17.9 Å². The summed E-state index contributed by atoms with van der Waals surface area (Å²) in [5, 5.41) is 0. The minimum atomic E-state index is -0.545. The molecule has 0 aromatic rings. The molecule has 6 nitrogen and oxygen atoms in total. The van der Waals surface area contributed by atoms with Gasteiger partial charge in [-0.25, -0.2) is 0 Å². The van der Waals surface area contributed by atoms with E-state index in [-0.39, 0.29) is 36.9 Å². The summed E-state index contributed by atoms with van der Waals surface area (Å²) in [5.74, 6) is -0.939. The molecule has 0 N–H and O–H groups in total. The fourth-order valence-corrected chi connectivity index (χ4v) is 2.20. The van der Waals surface area contributed by atoms with Crippen LogP contribution in [-0.4, -0.2) is 36.2 Å². The summed E-state index contributed by atoms with van der Waals surface area (Å²) in [6.07, 6.45) is 1.06. The van der Waals surface area contributed by atoms with Gasteiger partial charge in [-0.1, -0.05) is 20.8 Å². The maximum atomic E-state index is 11.5. The molecule has 1 aliphatic carbocycles. The van der Waals surface area contributed by atoms with Gasteiger partial charge >= 0.3 is 17.9 Å². The summed E-state index contributed by atoms with van der Waals surface area (Å²) in [6, 6.07) is 0. The molecule has 1 rings (SSSR count). The zero-order valence-electron chi connectivity index (χ0n) is 12.9. The summed E-state index contributed by atoms with van der Waals surface area (Å²) >= 11 is 0. The van der Waals surface area contributed by atoms with Crippen LogP contribution in [0.5, 0.6) is 0 Å². The van der Waals surface area contributed by atoms with Gasteiger partial charge in [0.1, 0.15) is 18.3 Å². The van der Waals surface area contributed by atoms with Crippen molar-refractivity contribution in [2.45, 2.75) is 77.6 Å². The van der Waals surface area contributed by atoms with E-state index in [4.69, 9.17) is 14.2 Å². The largest absolute Gasteiger partial charge is 0.462 e. The van der Waals surface area contributed by atoms with Crippen molar-refractivity contribution in [2.24, 2.45) is 0 Å². The molecule has 0 spiro atoms. The third-order valence-electron chi connectivity index (χ3n) is 3.41. The molecule has 0 aliphatic heterocycles. The Morgan fingerprint density at radius 1 is 0.762 bits per heavy atom. The molecule has 3 atom stereocenters. The van der Waals surface area contributed by atoms with Crippen molar-refractivity contribution in [1.82, 2.24) is 0 Å². The standard InChI is InChI=1S/C15H24O6/c1-4-13(16)19-10-7-8-11(20-14(17)5-2)12(9-10)21-15(18)6-3/h10-12H,4-9H2,1-3H3. The normalized spacial score (nSPS) is 25.0. The number of ether oxygens (including phenoxy) is 3. The highest BCUT2D eigenvalue weighted by Gasteiger charge is 2.36. The Labute approximate surface area is 125 Å². The molecular weight excluding hydrogens is 276 g/mol. The molecule has 6 heteroatoms. The first-order valence-electron chi connectivity index (χ1n) is 7.58. The highest BCUT2D eigenvalue weighted by molar-refractivity contribution is 5.70. The van der Waals surface area contributed by atoms with E-state index in [0.29, 0.717) is 25.7 Å². The minimum absolute atomic E-state index is 0.254. The van der Waals surface area contributed by atoms with Gasteiger partial charge in [-0.05, 0) is 12.8 Å². The third kappa shape index (κ3) is 5.73. The van der Waals surface area contributed by atoms with E-state index in [1.54, 1.807) is 20.8 Å². The molecule has 0 saturated heterocycles. The second-order valence-corrected chi connectivity index (χ2v) is 5.04. The van der Waals surface area contributed by atoms with Crippen molar-refractivity contribution in [3.63, 3.8) is 0 Å². The number of esters is 3. The van der Waals surface area contributed by atoms with Crippen molar-refractivity contribution in [3.8, 4) is 0 Å². The van der Waals surface area contributed by atoms with E-state index in [0.717, 1.165) is 0 Å². The van der Waals surface area contributed by atoms with Gasteiger partial charge in [0.15, 0.2) is 0 Å². The average Bonchev–Trinajstić information content (AvgIpc) is 2.49. The lowest BCUT2D eigenvalue weighted by molar-refractivity contribution is -0.179. The van der Waals surface area contributed by atoms with Crippen molar-refractivity contribution in [2.75, 3.05) is 0 Å². The topological polar surface area (TPSA) is 78.9 Å². The number of hydrogen-bond acceptors (Lipinski definition) is 6. The molecule has 1 aliphatic rings. The lowest BCUT2D eigenvalue weighted by Gasteiger charge is -2.34. The molecule has 0 bridgehead atoms. The molecule has 0 radical (unpaired) electrons. The SMILES string of the molecule is CCC(=O)OC1CCC(OC(=O)CC)C(OC(=O)CC)C1. The molecule has 0 aromatic heterocycles. The zero-order chi connectivity index (χ0) is 15.8. The van der Waals surface area contributed by atoms with Gasteiger partial charge in [0.25, 0.3) is 0 Å². The average molecular weight is 300 g/mol. The molecule has 120 valence electrons. The van der Waals surface area contributed by atoms with Gasteiger partial charge in [-0.2, -0.15) is 0 Å². The molecule has 3 unspecified atom stereocenters. The summed E-state index contributed by atoms with van der Waals surface area (Å²) in [6.45, 7) is 5.14. The molecule has 1 saturated carbocycles. The Morgan fingerprint density at radius 3 is 1.76 bits per heavy atom. The van der Waals surface area contributed by atoms with Crippen LogP contribution in [0.1, 0.15) is 59.3 Å². The van der Waals surface area contributed by atoms with E-state index < -0.39 is 12.2 Å².